The van der Waals surface area contributed by atoms with Crippen LogP contribution in [0.2, 0.25) is 0 Å². The van der Waals surface area contributed by atoms with Crippen LogP contribution >= 0.6 is 13.0 Å². The first kappa shape index (κ1) is 11.2. The van der Waals surface area contributed by atoms with Crippen molar-refractivity contribution in [2.24, 2.45) is 0 Å². The fraction of sp³-hybridized carbons (Fsp3) is 1.00. The zero-order valence-corrected chi connectivity index (χ0v) is 11.0. The Morgan fingerprint density at radius 3 is 1.33 bits per heavy atom. The van der Waals surface area contributed by atoms with Crippen molar-refractivity contribution in [3.8, 4) is 0 Å². The molecule has 0 radical (unpaired) electrons. The molecule has 0 saturated carbocycles. The fourth-order valence-corrected chi connectivity index (χ4v) is 12.4. The van der Waals surface area contributed by atoms with Gasteiger partial charge in [0.15, 0.2) is 13.0 Å². The number of hydrogen-bond donors (Lipinski definition) is 2. The minimum Gasteiger partial charge on any atom is -0.268 e. The second-order valence-corrected chi connectivity index (χ2v) is 11.7. The smallest absolute Gasteiger partial charge is 0.154 e. The van der Waals surface area contributed by atoms with Crippen molar-refractivity contribution in [1.29, 1.82) is 0 Å². The zero-order chi connectivity index (χ0) is 9.57. The van der Waals surface area contributed by atoms with Crippen LogP contribution in [0.4, 0.5) is 0 Å². The molecule has 0 unspecified atom stereocenters. The lowest BCUT2D eigenvalue weighted by molar-refractivity contribution is 0.618. The first-order valence-electron chi connectivity index (χ1n) is 3.51. The molecule has 0 atom stereocenters. The molecule has 0 amide bonds. The van der Waals surface area contributed by atoms with Crippen LogP contribution < -0.4 is 10.2 Å². The van der Waals surface area contributed by atoms with Crippen molar-refractivity contribution in [2.75, 3.05) is 28.2 Å². The average molecular weight is 244 g/mol. The van der Waals surface area contributed by atoms with Crippen LogP contribution in [0, 0.1) is 0 Å². The van der Waals surface area contributed by atoms with Gasteiger partial charge in [-0.15, -0.1) is 0 Å². The van der Waals surface area contributed by atoms with Gasteiger partial charge in [-0.2, -0.15) is 0 Å². The third-order valence-electron chi connectivity index (χ3n) is 2.15. The van der Waals surface area contributed by atoms with Crippen LogP contribution in [0.3, 0.4) is 0 Å². The third kappa shape index (κ3) is 1.18. The highest BCUT2D eigenvalue weighted by molar-refractivity contribution is 8.28. The summed E-state index contributed by atoms with van der Waals surface area (Å²) in [6, 6.07) is 0. The van der Waals surface area contributed by atoms with Gasteiger partial charge < -0.3 is 0 Å². The van der Waals surface area contributed by atoms with Crippen LogP contribution in [0.5, 0.6) is 0 Å². The second-order valence-electron chi connectivity index (χ2n) is 2.51. The monoisotopic (exact) mass is 244 g/mol. The van der Waals surface area contributed by atoms with Crippen LogP contribution in [-0.2, 0) is 23.6 Å². The number of hydrogen-bond acceptors (Lipinski definition) is 2. The summed E-state index contributed by atoms with van der Waals surface area (Å²) in [5, 5.41) is 6.33. The van der Waals surface area contributed by atoms with Gasteiger partial charge in [0, 0.05) is 14.1 Å². The topological polar surface area (TPSA) is 30.5 Å². The fourth-order valence-electron chi connectivity index (χ4n) is 1.25. The Balaban J connectivity index is 2.97. The van der Waals surface area contributed by atoms with E-state index in [0.717, 1.165) is 0 Å². The van der Waals surface area contributed by atoms with Crippen LogP contribution in [0.15, 0.2) is 0 Å². The van der Waals surface area contributed by atoms with Gasteiger partial charge in [0.05, 0.1) is 0 Å². The van der Waals surface area contributed by atoms with Gasteiger partial charge in [-0.25, -0.2) is 8.88 Å². The number of rotatable bonds is 2. The maximum atomic E-state index is 5.47. The molecule has 1 saturated heterocycles. The molecule has 8 heteroatoms. The Labute approximate surface area is 84.0 Å². The van der Waals surface area contributed by atoms with Crippen molar-refractivity contribution in [2.45, 2.75) is 0 Å². The van der Waals surface area contributed by atoms with Crippen molar-refractivity contribution in [3.63, 3.8) is 0 Å². The van der Waals surface area contributed by atoms with Crippen molar-refractivity contribution >= 4 is 36.6 Å². The SMILES string of the molecule is CNP1(=S)N(C)P(=S)(NC)N1C. The molecule has 72 valence electrons. The molecule has 1 aliphatic heterocycles. The highest BCUT2D eigenvalue weighted by Gasteiger charge is 2.51. The molecule has 1 heterocycles. The maximum absolute atomic E-state index is 5.47. The first-order chi connectivity index (χ1) is 5.43. The third-order valence-corrected chi connectivity index (χ3v) is 15.0. The molecule has 0 bridgehead atoms. The minimum atomic E-state index is -1.66. The molecule has 0 aromatic carbocycles. The Morgan fingerprint density at radius 1 is 0.917 bits per heavy atom. The van der Waals surface area contributed by atoms with Gasteiger partial charge in [0.1, 0.15) is 0 Å². The van der Waals surface area contributed by atoms with E-state index < -0.39 is 13.0 Å². The molecule has 0 spiro atoms. The molecule has 1 aliphatic rings. The molecule has 4 nitrogen and oxygen atoms in total. The van der Waals surface area contributed by atoms with Gasteiger partial charge in [0.25, 0.3) is 0 Å². The molecule has 2 N–H and O–H groups in total. The van der Waals surface area contributed by atoms with Gasteiger partial charge in [-0.05, 0) is 37.7 Å². The van der Waals surface area contributed by atoms with E-state index in [2.05, 4.69) is 19.1 Å². The molecule has 1 fully saturated rings. The Kier molecular flexibility index (Phi) is 3.15. The van der Waals surface area contributed by atoms with Gasteiger partial charge in [0.2, 0.25) is 0 Å². The van der Waals surface area contributed by atoms with E-state index in [1.54, 1.807) is 0 Å². The standard InChI is InChI=1S/C4H14N4P2S2/c1-5-9(11)7(3)10(12,6-2)8(9)4/h1-4H3,(H,5,11)(H,6,12). The van der Waals surface area contributed by atoms with E-state index in [1.807, 2.05) is 28.2 Å². The van der Waals surface area contributed by atoms with E-state index in [4.69, 9.17) is 23.6 Å². The summed E-state index contributed by atoms with van der Waals surface area (Å²) >= 11 is 10.9. The summed E-state index contributed by atoms with van der Waals surface area (Å²) < 4.78 is 4.23. The summed E-state index contributed by atoms with van der Waals surface area (Å²) in [5.74, 6) is 0. The molecular weight excluding hydrogens is 230 g/mol. The summed E-state index contributed by atoms with van der Waals surface area (Å²) in [4.78, 5) is 0. The summed E-state index contributed by atoms with van der Waals surface area (Å²) in [6.45, 7) is -3.32. The van der Waals surface area contributed by atoms with Gasteiger partial charge >= 0.3 is 0 Å². The lowest BCUT2D eigenvalue weighted by Gasteiger charge is -2.58. The molecule has 0 aromatic rings. The Morgan fingerprint density at radius 2 is 1.17 bits per heavy atom. The van der Waals surface area contributed by atoms with Crippen molar-refractivity contribution in [1.82, 2.24) is 19.1 Å². The van der Waals surface area contributed by atoms with E-state index >= 15 is 0 Å². The van der Waals surface area contributed by atoms with Crippen LogP contribution in [0.25, 0.3) is 0 Å². The van der Waals surface area contributed by atoms with Gasteiger partial charge in [-0.1, -0.05) is 0 Å². The van der Waals surface area contributed by atoms with E-state index in [1.165, 1.54) is 0 Å². The lowest BCUT2D eigenvalue weighted by atomic mass is 11.6. The Bertz CT molecular complexity index is 236. The molecule has 1 rings (SSSR count). The lowest BCUT2D eigenvalue weighted by Crippen LogP contribution is -2.46. The van der Waals surface area contributed by atoms with Crippen LogP contribution in [-0.4, -0.2) is 37.1 Å². The summed E-state index contributed by atoms with van der Waals surface area (Å²) in [7, 11) is 7.77. The maximum Gasteiger partial charge on any atom is 0.154 e. The summed E-state index contributed by atoms with van der Waals surface area (Å²) in [6.07, 6.45) is 0. The second kappa shape index (κ2) is 3.37. The van der Waals surface area contributed by atoms with Crippen LogP contribution in [0.1, 0.15) is 0 Å². The Hall–Kier alpha value is 1.14. The van der Waals surface area contributed by atoms with E-state index in [-0.39, 0.29) is 0 Å². The van der Waals surface area contributed by atoms with Crippen molar-refractivity contribution < 1.29 is 0 Å². The first-order valence-corrected chi connectivity index (χ1v) is 8.92. The largest absolute Gasteiger partial charge is 0.268 e. The van der Waals surface area contributed by atoms with E-state index in [9.17, 15) is 0 Å². The average Bonchev–Trinajstić information content (AvgIpc) is 2.13. The minimum absolute atomic E-state index is 1.66. The molecule has 0 aromatic heterocycles. The quantitative estimate of drug-likeness (QED) is 0.697. The number of nitrogens with one attached hydrogen (secondary N) is 2. The highest BCUT2D eigenvalue weighted by atomic mass is 32.5. The molecule has 0 aliphatic carbocycles. The highest BCUT2D eigenvalue weighted by Crippen LogP contribution is 2.80. The normalized spacial score (nSPS) is 44.3. The van der Waals surface area contributed by atoms with Gasteiger partial charge in [-0.3, -0.25) is 10.2 Å². The summed E-state index contributed by atoms with van der Waals surface area (Å²) in [5.41, 5.74) is 0. The van der Waals surface area contributed by atoms with Crippen molar-refractivity contribution in [3.05, 3.63) is 0 Å². The number of nitrogens with zero attached hydrogens (tertiary/aromatic N) is 2. The molecular formula is C4H14N4P2S2. The zero-order valence-electron chi connectivity index (χ0n) is 7.61. The predicted molar refractivity (Wildman–Crippen MR) is 62.2 cm³/mol. The van der Waals surface area contributed by atoms with E-state index in [0.29, 0.717) is 0 Å². The predicted octanol–water partition coefficient (Wildman–Crippen LogP) is 0.751. The molecule has 12 heavy (non-hydrogen) atoms.